The second-order valence-electron chi connectivity index (χ2n) is 5.01. The van der Waals surface area contributed by atoms with Crippen LogP contribution in [0.1, 0.15) is 24.9 Å². The standard InChI is InChI=1S/C14H14Cl2N4O/c1-9(20-8-17-7-18-20)14(21)19-6-2-3-10-4-5-11(15)12(16)13(10)19/h4-5,7-9H,2-3,6H2,1H3. The van der Waals surface area contributed by atoms with Gasteiger partial charge in [-0.05, 0) is 31.4 Å². The van der Waals surface area contributed by atoms with Crippen molar-refractivity contribution < 1.29 is 4.79 Å². The van der Waals surface area contributed by atoms with E-state index in [9.17, 15) is 4.79 Å². The van der Waals surface area contributed by atoms with Crippen LogP contribution in [0.4, 0.5) is 5.69 Å². The zero-order valence-electron chi connectivity index (χ0n) is 11.5. The molecule has 1 unspecified atom stereocenters. The van der Waals surface area contributed by atoms with Crippen LogP contribution in [0.5, 0.6) is 0 Å². The molecule has 0 spiro atoms. The van der Waals surface area contributed by atoms with Crippen LogP contribution in [0.3, 0.4) is 0 Å². The van der Waals surface area contributed by atoms with Gasteiger partial charge in [0.15, 0.2) is 0 Å². The number of nitrogens with zero attached hydrogens (tertiary/aromatic N) is 4. The molecule has 0 radical (unpaired) electrons. The van der Waals surface area contributed by atoms with Gasteiger partial charge in [-0.3, -0.25) is 4.79 Å². The number of benzene rings is 1. The van der Waals surface area contributed by atoms with Gasteiger partial charge in [0, 0.05) is 6.54 Å². The zero-order chi connectivity index (χ0) is 15.0. The Morgan fingerprint density at radius 2 is 2.19 bits per heavy atom. The fraction of sp³-hybridized carbons (Fsp3) is 0.357. The first-order chi connectivity index (χ1) is 10.1. The molecule has 0 N–H and O–H groups in total. The van der Waals surface area contributed by atoms with Gasteiger partial charge in [0.25, 0.3) is 5.91 Å². The lowest BCUT2D eigenvalue weighted by Gasteiger charge is -2.32. The van der Waals surface area contributed by atoms with Crippen LogP contribution in [0, 0.1) is 0 Å². The van der Waals surface area contributed by atoms with E-state index in [4.69, 9.17) is 23.2 Å². The smallest absolute Gasteiger partial charge is 0.251 e. The number of aromatic nitrogens is 3. The molecule has 0 saturated carbocycles. The van der Waals surface area contributed by atoms with Gasteiger partial charge in [-0.1, -0.05) is 29.3 Å². The van der Waals surface area contributed by atoms with Crippen LogP contribution in [0.15, 0.2) is 24.8 Å². The average Bonchev–Trinajstić information content (AvgIpc) is 3.03. The molecule has 1 aliphatic heterocycles. The normalized spacial score (nSPS) is 15.7. The first-order valence-electron chi connectivity index (χ1n) is 6.72. The molecule has 0 fully saturated rings. The van der Waals surface area contributed by atoms with Crippen molar-refractivity contribution in [2.75, 3.05) is 11.4 Å². The number of fused-ring (bicyclic) bond motifs is 1. The van der Waals surface area contributed by atoms with E-state index in [0.29, 0.717) is 16.6 Å². The Bertz CT molecular complexity index is 672. The molecule has 0 bridgehead atoms. The number of anilines is 1. The van der Waals surface area contributed by atoms with Crippen molar-refractivity contribution in [3.8, 4) is 0 Å². The van der Waals surface area contributed by atoms with Gasteiger partial charge in [0.05, 0.1) is 15.7 Å². The summed E-state index contributed by atoms with van der Waals surface area (Å²) in [6.45, 7) is 2.43. The Kier molecular flexibility index (Phi) is 3.87. The van der Waals surface area contributed by atoms with Crippen LogP contribution in [0.25, 0.3) is 0 Å². The van der Waals surface area contributed by atoms with Crippen molar-refractivity contribution in [3.63, 3.8) is 0 Å². The first kappa shape index (κ1) is 14.4. The summed E-state index contributed by atoms with van der Waals surface area (Å²) in [7, 11) is 0. The highest BCUT2D eigenvalue weighted by molar-refractivity contribution is 6.44. The van der Waals surface area contributed by atoms with Crippen molar-refractivity contribution in [3.05, 3.63) is 40.4 Å². The van der Waals surface area contributed by atoms with E-state index in [1.54, 1.807) is 17.9 Å². The summed E-state index contributed by atoms with van der Waals surface area (Å²) in [6, 6.07) is 3.27. The van der Waals surface area contributed by atoms with E-state index in [0.717, 1.165) is 24.1 Å². The number of rotatable bonds is 2. The van der Waals surface area contributed by atoms with Gasteiger partial charge in [0.2, 0.25) is 0 Å². The van der Waals surface area contributed by atoms with E-state index < -0.39 is 6.04 Å². The molecule has 1 atom stereocenters. The van der Waals surface area contributed by atoms with Crippen molar-refractivity contribution in [2.24, 2.45) is 0 Å². The molecule has 0 aliphatic carbocycles. The number of amides is 1. The molecule has 110 valence electrons. The van der Waals surface area contributed by atoms with E-state index in [1.165, 1.54) is 17.3 Å². The molecule has 21 heavy (non-hydrogen) atoms. The lowest BCUT2D eigenvalue weighted by Crippen LogP contribution is -2.40. The minimum atomic E-state index is -0.437. The molecule has 0 saturated heterocycles. The van der Waals surface area contributed by atoms with Crippen LogP contribution >= 0.6 is 23.2 Å². The maximum atomic E-state index is 12.8. The third-order valence-electron chi connectivity index (χ3n) is 3.71. The van der Waals surface area contributed by atoms with Crippen LogP contribution in [-0.2, 0) is 11.2 Å². The molecule has 2 aromatic rings. The fourth-order valence-electron chi connectivity index (χ4n) is 2.59. The van der Waals surface area contributed by atoms with Gasteiger partial charge < -0.3 is 4.90 Å². The van der Waals surface area contributed by atoms with Crippen molar-refractivity contribution in [1.29, 1.82) is 0 Å². The molecular formula is C14H14Cl2N4O. The maximum Gasteiger partial charge on any atom is 0.251 e. The highest BCUT2D eigenvalue weighted by atomic mass is 35.5. The lowest BCUT2D eigenvalue weighted by atomic mass is 10.0. The van der Waals surface area contributed by atoms with E-state index in [1.807, 2.05) is 6.07 Å². The summed E-state index contributed by atoms with van der Waals surface area (Å²) in [5, 5.41) is 4.93. The first-order valence-corrected chi connectivity index (χ1v) is 7.47. The molecule has 3 rings (SSSR count). The van der Waals surface area contributed by atoms with Gasteiger partial charge >= 0.3 is 0 Å². The Hall–Kier alpha value is -1.59. The second-order valence-corrected chi connectivity index (χ2v) is 5.80. The highest BCUT2D eigenvalue weighted by Gasteiger charge is 2.30. The Labute approximate surface area is 132 Å². The summed E-state index contributed by atoms with van der Waals surface area (Å²) < 4.78 is 1.54. The molecule has 2 heterocycles. The van der Waals surface area contributed by atoms with Gasteiger partial charge in [0.1, 0.15) is 18.7 Å². The average molecular weight is 325 g/mol. The van der Waals surface area contributed by atoms with Crippen LogP contribution in [-0.4, -0.2) is 27.2 Å². The largest absolute Gasteiger partial charge is 0.309 e. The summed E-state index contributed by atoms with van der Waals surface area (Å²) in [6.07, 6.45) is 4.75. The SMILES string of the molecule is CC(C(=O)N1CCCc2ccc(Cl)c(Cl)c21)n1cncn1. The quantitative estimate of drug-likeness (QED) is 0.852. The van der Waals surface area contributed by atoms with Gasteiger partial charge in [-0.2, -0.15) is 5.10 Å². The van der Waals surface area contributed by atoms with Gasteiger partial charge in [-0.25, -0.2) is 9.67 Å². The summed E-state index contributed by atoms with van der Waals surface area (Å²) >= 11 is 12.4. The summed E-state index contributed by atoms with van der Waals surface area (Å²) in [5.74, 6) is -0.0642. The molecule has 5 nitrogen and oxygen atoms in total. The Morgan fingerprint density at radius 1 is 1.38 bits per heavy atom. The molecule has 1 aromatic heterocycles. The third-order valence-corrected chi connectivity index (χ3v) is 4.50. The summed E-state index contributed by atoms with van der Waals surface area (Å²) in [4.78, 5) is 18.3. The number of carbonyl (C=O) groups is 1. The fourth-order valence-corrected chi connectivity index (χ4v) is 3.03. The number of carbonyl (C=O) groups excluding carboxylic acids is 1. The zero-order valence-corrected chi connectivity index (χ0v) is 13.0. The molecule has 1 aliphatic rings. The summed E-state index contributed by atoms with van der Waals surface area (Å²) in [5.41, 5.74) is 1.78. The number of aryl methyl sites for hydroxylation is 1. The molecule has 1 amide bonds. The molecule has 7 heteroatoms. The predicted molar refractivity (Wildman–Crippen MR) is 81.9 cm³/mol. The van der Waals surface area contributed by atoms with E-state index in [-0.39, 0.29) is 5.91 Å². The van der Waals surface area contributed by atoms with Crippen molar-refractivity contribution >= 4 is 34.8 Å². The topological polar surface area (TPSA) is 51.0 Å². The Balaban J connectivity index is 1.98. The minimum absolute atomic E-state index is 0.0642. The second kappa shape index (κ2) is 5.66. The lowest BCUT2D eigenvalue weighted by molar-refractivity contribution is -0.121. The van der Waals surface area contributed by atoms with Gasteiger partial charge in [-0.15, -0.1) is 0 Å². The minimum Gasteiger partial charge on any atom is -0.309 e. The van der Waals surface area contributed by atoms with E-state index >= 15 is 0 Å². The predicted octanol–water partition coefficient (Wildman–Crippen LogP) is 3.13. The third kappa shape index (κ3) is 2.51. The monoisotopic (exact) mass is 324 g/mol. The molecule has 1 aromatic carbocycles. The Morgan fingerprint density at radius 3 is 2.90 bits per heavy atom. The van der Waals surface area contributed by atoms with Crippen molar-refractivity contribution in [1.82, 2.24) is 14.8 Å². The number of hydrogen-bond acceptors (Lipinski definition) is 3. The van der Waals surface area contributed by atoms with Crippen LogP contribution < -0.4 is 4.90 Å². The van der Waals surface area contributed by atoms with Crippen molar-refractivity contribution in [2.45, 2.75) is 25.8 Å². The number of halogens is 2. The van der Waals surface area contributed by atoms with E-state index in [2.05, 4.69) is 10.1 Å². The van der Waals surface area contributed by atoms with Crippen LogP contribution in [0.2, 0.25) is 10.0 Å². The highest BCUT2D eigenvalue weighted by Crippen LogP contribution is 2.39. The maximum absolute atomic E-state index is 12.8. The number of hydrogen-bond donors (Lipinski definition) is 0. The molecular weight excluding hydrogens is 311 g/mol.